The maximum absolute atomic E-state index is 2.33. The molecule has 0 saturated heterocycles. The fraction of sp³-hybridized carbons (Fsp3) is 0.250. The van der Waals surface area contributed by atoms with Gasteiger partial charge in [-0.05, 0) is 33.4 Å². The van der Waals surface area contributed by atoms with Crippen molar-refractivity contribution >= 4 is 0 Å². The number of fused-ring (bicyclic) bond motifs is 3. The summed E-state index contributed by atoms with van der Waals surface area (Å²) in [4.78, 5) is 0. The van der Waals surface area contributed by atoms with E-state index < -0.39 is 0 Å². The smallest absolute Gasteiger partial charge is 0.0159 e. The molecule has 0 aromatic heterocycles. The molecule has 0 bridgehead atoms. The maximum atomic E-state index is 2.33. The predicted octanol–water partition coefficient (Wildman–Crippen LogP) is 7.08. The van der Waals surface area contributed by atoms with Crippen LogP contribution in [0, 0.1) is 0 Å². The van der Waals surface area contributed by atoms with E-state index in [1.807, 2.05) is 0 Å². The highest BCUT2D eigenvalue weighted by molar-refractivity contribution is 5.92. The van der Waals surface area contributed by atoms with Gasteiger partial charge in [0.1, 0.15) is 0 Å². The first-order chi connectivity index (χ1) is 11.6. The van der Waals surface area contributed by atoms with Gasteiger partial charge >= 0.3 is 0 Å². The summed E-state index contributed by atoms with van der Waals surface area (Å²) in [6.07, 6.45) is 1.25. The Balaban J connectivity index is 0.000000526. The van der Waals surface area contributed by atoms with Crippen LogP contribution in [0.1, 0.15) is 45.2 Å². The van der Waals surface area contributed by atoms with Crippen molar-refractivity contribution in [1.29, 1.82) is 0 Å². The second kappa shape index (κ2) is 6.65. The van der Waals surface area contributed by atoms with Gasteiger partial charge in [-0.3, -0.25) is 0 Å². The normalized spacial score (nSPS) is 13.5. The van der Waals surface area contributed by atoms with Crippen LogP contribution in [-0.4, -0.2) is 0 Å². The Morgan fingerprint density at radius 2 is 1.17 bits per heavy atom. The minimum atomic E-state index is 0.0801. The molecule has 0 spiro atoms. The molecule has 0 saturated carbocycles. The van der Waals surface area contributed by atoms with E-state index in [2.05, 4.69) is 100 Å². The standard InChI is InChI=1S/C21H18.C3H8/c1-21(2)18-13-7-6-11-17(18)20-16(12-8-14-19(20)21)15-9-4-3-5-10-15;1-3-2/h3-14H,1-2H3;3H2,1-2H3. The first-order valence-electron chi connectivity index (χ1n) is 8.90. The van der Waals surface area contributed by atoms with E-state index in [0.29, 0.717) is 0 Å². The van der Waals surface area contributed by atoms with Crippen LogP contribution in [0.3, 0.4) is 0 Å². The van der Waals surface area contributed by atoms with Crippen LogP contribution in [0.4, 0.5) is 0 Å². The lowest BCUT2D eigenvalue weighted by Crippen LogP contribution is -2.14. The summed E-state index contributed by atoms with van der Waals surface area (Å²) in [7, 11) is 0. The third kappa shape index (κ3) is 2.67. The van der Waals surface area contributed by atoms with Crippen LogP contribution in [0.15, 0.2) is 72.8 Å². The molecule has 122 valence electrons. The molecule has 3 aromatic rings. The van der Waals surface area contributed by atoms with Gasteiger partial charge in [0.05, 0.1) is 0 Å². The Morgan fingerprint density at radius 3 is 1.88 bits per heavy atom. The third-order valence-corrected chi connectivity index (χ3v) is 4.69. The molecule has 0 aliphatic heterocycles. The topological polar surface area (TPSA) is 0 Å². The second-order valence-corrected chi connectivity index (χ2v) is 6.97. The minimum absolute atomic E-state index is 0.0801. The van der Waals surface area contributed by atoms with Gasteiger partial charge in [-0.1, -0.05) is 107 Å². The molecule has 0 radical (unpaired) electrons. The highest BCUT2D eigenvalue weighted by Crippen LogP contribution is 2.51. The lowest BCUT2D eigenvalue weighted by molar-refractivity contribution is 0.660. The molecule has 0 fully saturated rings. The van der Waals surface area contributed by atoms with E-state index in [0.717, 1.165) is 0 Å². The van der Waals surface area contributed by atoms with Crippen LogP contribution in [0.2, 0.25) is 0 Å². The summed E-state index contributed by atoms with van der Waals surface area (Å²) in [5.74, 6) is 0. The largest absolute Gasteiger partial charge is 0.0656 e. The van der Waals surface area contributed by atoms with Gasteiger partial charge in [-0.2, -0.15) is 0 Å². The highest BCUT2D eigenvalue weighted by Gasteiger charge is 2.36. The fourth-order valence-corrected chi connectivity index (χ4v) is 3.61. The van der Waals surface area contributed by atoms with E-state index in [1.54, 1.807) is 0 Å². The van der Waals surface area contributed by atoms with Gasteiger partial charge in [-0.15, -0.1) is 0 Å². The average Bonchev–Trinajstić information content (AvgIpc) is 2.85. The van der Waals surface area contributed by atoms with E-state index in [1.165, 1.54) is 39.8 Å². The number of benzene rings is 3. The Morgan fingerprint density at radius 1 is 0.625 bits per heavy atom. The summed E-state index contributed by atoms with van der Waals surface area (Å²) in [5.41, 5.74) is 8.37. The molecule has 1 aliphatic rings. The molecule has 1 aliphatic carbocycles. The number of hydrogen-bond donors (Lipinski definition) is 0. The Kier molecular flexibility index (Phi) is 4.57. The van der Waals surface area contributed by atoms with E-state index in [9.17, 15) is 0 Å². The zero-order valence-corrected chi connectivity index (χ0v) is 15.1. The van der Waals surface area contributed by atoms with E-state index >= 15 is 0 Å². The van der Waals surface area contributed by atoms with Crippen molar-refractivity contribution in [1.82, 2.24) is 0 Å². The van der Waals surface area contributed by atoms with E-state index in [4.69, 9.17) is 0 Å². The summed E-state index contributed by atoms with van der Waals surface area (Å²) in [6.45, 7) is 8.90. The fourth-order valence-electron chi connectivity index (χ4n) is 3.61. The van der Waals surface area contributed by atoms with Gasteiger partial charge in [0.2, 0.25) is 0 Å². The molecule has 0 nitrogen and oxygen atoms in total. The second-order valence-electron chi connectivity index (χ2n) is 6.97. The molecule has 3 aromatic carbocycles. The molecule has 24 heavy (non-hydrogen) atoms. The van der Waals surface area contributed by atoms with Crippen molar-refractivity contribution in [2.75, 3.05) is 0 Å². The number of rotatable bonds is 1. The summed E-state index contributed by atoms with van der Waals surface area (Å²) in [5, 5.41) is 0. The monoisotopic (exact) mass is 314 g/mol. The van der Waals surface area contributed by atoms with Crippen molar-refractivity contribution in [3.05, 3.63) is 83.9 Å². The quantitative estimate of drug-likeness (QED) is 0.450. The molecule has 0 atom stereocenters. The van der Waals surface area contributed by atoms with Crippen LogP contribution in [-0.2, 0) is 5.41 Å². The number of hydrogen-bond acceptors (Lipinski definition) is 0. The zero-order valence-electron chi connectivity index (χ0n) is 15.1. The lowest BCUT2D eigenvalue weighted by atomic mass is 9.82. The molecule has 4 rings (SSSR count). The van der Waals surface area contributed by atoms with Gasteiger partial charge < -0.3 is 0 Å². The van der Waals surface area contributed by atoms with Crippen molar-refractivity contribution in [2.45, 2.75) is 39.5 Å². The Bertz CT molecular complexity index is 826. The van der Waals surface area contributed by atoms with Crippen LogP contribution < -0.4 is 0 Å². The van der Waals surface area contributed by atoms with Crippen molar-refractivity contribution in [3.8, 4) is 22.3 Å². The van der Waals surface area contributed by atoms with Crippen LogP contribution >= 0.6 is 0 Å². The molecular formula is C24H26. The molecule has 0 unspecified atom stereocenters. The van der Waals surface area contributed by atoms with Crippen molar-refractivity contribution in [2.24, 2.45) is 0 Å². The maximum Gasteiger partial charge on any atom is 0.0159 e. The van der Waals surface area contributed by atoms with Crippen molar-refractivity contribution < 1.29 is 0 Å². The molecule has 0 amide bonds. The molecule has 0 N–H and O–H groups in total. The summed E-state index contributed by atoms with van der Waals surface area (Å²) in [6, 6.07) is 26.2. The Hall–Kier alpha value is -2.34. The van der Waals surface area contributed by atoms with Crippen molar-refractivity contribution in [3.63, 3.8) is 0 Å². The third-order valence-electron chi connectivity index (χ3n) is 4.69. The summed E-state index contributed by atoms with van der Waals surface area (Å²) >= 11 is 0. The highest BCUT2D eigenvalue weighted by atomic mass is 14.4. The van der Waals surface area contributed by atoms with Crippen LogP contribution in [0.5, 0.6) is 0 Å². The Labute approximate surface area is 146 Å². The zero-order chi connectivity index (χ0) is 17.2. The van der Waals surface area contributed by atoms with E-state index in [-0.39, 0.29) is 5.41 Å². The van der Waals surface area contributed by atoms with Crippen LogP contribution in [0.25, 0.3) is 22.3 Å². The average molecular weight is 314 g/mol. The first kappa shape index (κ1) is 16.5. The molecule has 0 heterocycles. The SMILES string of the molecule is CC1(C)c2ccccc2-c2c(-c3ccccc3)cccc21.CCC. The molecular weight excluding hydrogens is 288 g/mol. The minimum Gasteiger partial charge on any atom is -0.0656 e. The lowest BCUT2D eigenvalue weighted by Gasteiger charge is -2.21. The predicted molar refractivity (Wildman–Crippen MR) is 105 cm³/mol. The van der Waals surface area contributed by atoms with Gasteiger partial charge in [0, 0.05) is 5.41 Å². The van der Waals surface area contributed by atoms with Gasteiger partial charge in [0.15, 0.2) is 0 Å². The summed E-state index contributed by atoms with van der Waals surface area (Å²) < 4.78 is 0. The first-order valence-corrected chi connectivity index (χ1v) is 8.90. The molecule has 0 heteroatoms. The van der Waals surface area contributed by atoms with Gasteiger partial charge in [0.25, 0.3) is 0 Å². The van der Waals surface area contributed by atoms with Gasteiger partial charge in [-0.25, -0.2) is 0 Å².